The van der Waals surface area contributed by atoms with Crippen molar-refractivity contribution < 1.29 is 12.8 Å². The molecule has 2 heterocycles. The van der Waals surface area contributed by atoms with Crippen molar-refractivity contribution >= 4 is 21.8 Å². The van der Waals surface area contributed by atoms with Crippen molar-refractivity contribution in [3.8, 4) is 11.3 Å². The first-order valence-corrected chi connectivity index (χ1v) is 10.5. The van der Waals surface area contributed by atoms with Gasteiger partial charge in [-0.05, 0) is 43.1 Å². The van der Waals surface area contributed by atoms with E-state index in [-0.39, 0.29) is 16.2 Å². The topological polar surface area (TPSA) is 64.0 Å². The van der Waals surface area contributed by atoms with E-state index < -0.39 is 15.8 Å². The molecule has 1 N–H and O–H groups in total. The highest BCUT2D eigenvalue weighted by Gasteiger charge is 2.23. The molecule has 0 aliphatic carbocycles. The van der Waals surface area contributed by atoms with Crippen molar-refractivity contribution in [1.82, 2.24) is 14.3 Å². The number of nitrogens with zero attached hydrogens (tertiary/aromatic N) is 2. The Kier molecular flexibility index (Phi) is 5.45. The molecule has 0 amide bonds. The van der Waals surface area contributed by atoms with E-state index in [1.54, 1.807) is 43.6 Å². The Morgan fingerprint density at radius 3 is 2.69 bits per heavy atom. The third-order valence-corrected chi connectivity index (χ3v) is 6.19. The smallest absolute Gasteiger partial charge is 0.269 e. The van der Waals surface area contributed by atoms with Crippen LogP contribution in [0, 0.1) is 5.82 Å². The Labute approximate surface area is 156 Å². The molecule has 3 aromatic rings. The van der Waals surface area contributed by atoms with E-state index in [9.17, 15) is 12.8 Å². The molecule has 0 atom stereocenters. The SMILES string of the molecule is CNCc1cc(-c2ccccc2F)n(S(=O)(=O)c2cncc(SC)c2)c1. The second-order valence-corrected chi connectivity index (χ2v) is 8.30. The molecule has 1 aromatic carbocycles. The van der Waals surface area contributed by atoms with Gasteiger partial charge in [0.15, 0.2) is 0 Å². The molecular formula is C18H18FN3O2S2. The highest BCUT2D eigenvalue weighted by molar-refractivity contribution is 7.98. The maximum Gasteiger partial charge on any atom is 0.269 e. The van der Waals surface area contributed by atoms with Crippen LogP contribution in [0.25, 0.3) is 11.3 Å². The molecule has 3 rings (SSSR count). The zero-order valence-corrected chi connectivity index (χ0v) is 15.9. The Balaban J connectivity index is 2.21. The summed E-state index contributed by atoms with van der Waals surface area (Å²) in [6.45, 7) is 0.465. The van der Waals surface area contributed by atoms with Gasteiger partial charge in [0.1, 0.15) is 10.7 Å². The molecule has 5 nitrogen and oxygen atoms in total. The molecule has 0 fully saturated rings. The summed E-state index contributed by atoms with van der Waals surface area (Å²) in [5.74, 6) is -0.478. The van der Waals surface area contributed by atoms with Crippen LogP contribution in [0.1, 0.15) is 5.56 Å². The Morgan fingerprint density at radius 1 is 1.23 bits per heavy atom. The summed E-state index contributed by atoms with van der Waals surface area (Å²) in [7, 11) is -2.15. The van der Waals surface area contributed by atoms with Gasteiger partial charge in [0.05, 0.1) is 5.69 Å². The highest BCUT2D eigenvalue weighted by Crippen LogP contribution is 2.29. The molecular weight excluding hydrogens is 373 g/mol. The van der Waals surface area contributed by atoms with E-state index in [1.165, 1.54) is 30.2 Å². The van der Waals surface area contributed by atoms with Crippen molar-refractivity contribution in [2.75, 3.05) is 13.3 Å². The van der Waals surface area contributed by atoms with Crippen molar-refractivity contribution in [3.63, 3.8) is 0 Å². The van der Waals surface area contributed by atoms with E-state index >= 15 is 0 Å². The van der Waals surface area contributed by atoms with E-state index in [1.807, 2.05) is 6.26 Å². The van der Waals surface area contributed by atoms with Gasteiger partial charge in [-0.2, -0.15) is 0 Å². The number of hydrogen-bond donors (Lipinski definition) is 1. The lowest BCUT2D eigenvalue weighted by molar-refractivity contribution is 0.586. The lowest BCUT2D eigenvalue weighted by Crippen LogP contribution is -2.14. The Bertz CT molecular complexity index is 1030. The average molecular weight is 391 g/mol. The Morgan fingerprint density at radius 2 is 2.00 bits per heavy atom. The standard InChI is InChI=1S/C18H18FN3O2S2/c1-20-9-13-7-18(16-5-3-4-6-17(16)19)22(12-13)26(23,24)15-8-14(25-2)10-21-11-15/h3-8,10-12,20H,9H2,1-2H3. The summed E-state index contributed by atoms with van der Waals surface area (Å²) in [6, 6.07) is 9.37. The van der Waals surface area contributed by atoms with E-state index in [0.29, 0.717) is 6.54 Å². The molecule has 136 valence electrons. The lowest BCUT2D eigenvalue weighted by Gasteiger charge is -2.11. The molecule has 8 heteroatoms. The minimum atomic E-state index is -3.92. The predicted molar refractivity (Wildman–Crippen MR) is 101 cm³/mol. The maximum atomic E-state index is 14.3. The van der Waals surface area contributed by atoms with Gasteiger partial charge in [0.2, 0.25) is 0 Å². The summed E-state index contributed by atoms with van der Waals surface area (Å²) in [6.07, 6.45) is 6.26. The number of rotatable bonds is 6. The van der Waals surface area contributed by atoms with E-state index in [0.717, 1.165) is 14.4 Å². The van der Waals surface area contributed by atoms with Gasteiger partial charge < -0.3 is 5.32 Å². The summed E-state index contributed by atoms with van der Waals surface area (Å²) in [5, 5.41) is 2.98. The fraction of sp³-hybridized carbons (Fsp3) is 0.167. The minimum Gasteiger partial charge on any atom is -0.316 e. The number of halogens is 1. The quantitative estimate of drug-likeness (QED) is 0.653. The molecule has 0 unspecified atom stereocenters. The van der Waals surface area contributed by atoms with Crippen molar-refractivity contribution in [3.05, 3.63) is 66.4 Å². The fourth-order valence-electron chi connectivity index (χ4n) is 2.63. The summed E-state index contributed by atoms with van der Waals surface area (Å²) >= 11 is 1.40. The molecule has 0 radical (unpaired) electrons. The number of thioether (sulfide) groups is 1. The van der Waals surface area contributed by atoms with Crippen LogP contribution in [0.15, 0.2) is 64.8 Å². The average Bonchev–Trinajstić information content (AvgIpc) is 3.07. The Hall–Kier alpha value is -2.16. The van der Waals surface area contributed by atoms with Gasteiger partial charge in [-0.25, -0.2) is 16.8 Å². The van der Waals surface area contributed by atoms with Crippen LogP contribution >= 0.6 is 11.8 Å². The third kappa shape index (κ3) is 3.53. The summed E-state index contributed by atoms with van der Waals surface area (Å²) in [4.78, 5) is 4.81. The van der Waals surface area contributed by atoms with Gasteiger partial charge in [0.25, 0.3) is 10.0 Å². The van der Waals surface area contributed by atoms with Gasteiger partial charge in [0, 0.05) is 35.6 Å². The molecule has 0 saturated heterocycles. The number of aromatic nitrogens is 2. The lowest BCUT2D eigenvalue weighted by atomic mass is 10.1. The van der Waals surface area contributed by atoms with Crippen LogP contribution in [0.2, 0.25) is 0 Å². The zero-order chi connectivity index (χ0) is 18.7. The largest absolute Gasteiger partial charge is 0.316 e. The molecule has 0 aliphatic heterocycles. The molecule has 0 spiro atoms. The van der Waals surface area contributed by atoms with Crippen molar-refractivity contribution in [1.29, 1.82) is 0 Å². The van der Waals surface area contributed by atoms with Crippen LogP contribution < -0.4 is 5.32 Å². The van der Waals surface area contributed by atoms with E-state index in [4.69, 9.17) is 0 Å². The normalized spacial score (nSPS) is 11.7. The van der Waals surface area contributed by atoms with Gasteiger partial charge in [-0.15, -0.1) is 11.8 Å². The predicted octanol–water partition coefficient (Wildman–Crippen LogP) is 3.37. The van der Waals surface area contributed by atoms with Crippen LogP contribution in [-0.2, 0) is 16.6 Å². The van der Waals surface area contributed by atoms with Crippen LogP contribution in [0.4, 0.5) is 4.39 Å². The van der Waals surface area contributed by atoms with Gasteiger partial charge in [-0.1, -0.05) is 12.1 Å². The molecule has 26 heavy (non-hydrogen) atoms. The number of benzene rings is 1. The minimum absolute atomic E-state index is 0.0635. The highest BCUT2D eigenvalue weighted by atomic mass is 32.2. The summed E-state index contributed by atoms with van der Waals surface area (Å²) in [5.41, 5.74) is 1.25. The summed E-state index contributed by atoms with van der Waals surface area (Å²) < 4.78 is 41.8. The van der Waals surface area contributed by atoms with Crippen LogP contribution in [-0.4, -0.2) is 30.7 Å². The van der Waals surface area contributed by atoms with Crippen LogP contribution in [0.3, 0.4) is 0 Å². The fourth-order valence-corrected chi connectivity index (χ4v) is 4.49. The number of pyridine rings is 1. The first kappa shape index (κ1) is 18.6. The first-order valence-electron chi connectivity index (χ1n) is 7.82. The second kappa shape index (κ2) is 7.61. The zero-order valence-electron chi connectivity index (χ0n) is 14.3. The molecule has 0 aliphatic rings. The van der Waals surface area contributed by atoms with Crippen molar-refractivity contribution in [2.45, 2.75) is 16.3 Å². The van der Waals surface area contributed by atoms with Crippen LogP contribution in [0.5, 0.6) is 0 Å². The monoisotopic (exact) mass is 391 g/mol. The first-order chi connectivity index (χ1) is 12.5. The molecule has 0 bridgehead atoms. The number of nitrogens with one attached hydrogen (secondary N) is 1. The second-order valence-electron chi connectivity index (χ2n) is 5.61. The van der Waals surface area contributed by atoms with Gasteiger partial charge >= 0.3 is 0 Å². The third-order valence-electron chi connectivity index (χ3n) is 3.85. The van der Waals surface area contributed by atoms with Gasteiger partial charge in [-0.3, -0.25) is 4.98 Å². The number of hydrogen-bond acceptors (Lipinski definition) is 5. The maximum absolute atomic E-state index is 14.3. The van der Waals surface area contributed by atoms with Crippen molar-refractivity contribution in [2.24, 2.45) is 0 Å². The van der Waals surface area contributed by atoms with E-state index in [2.05, 4.69) is 10.3 Å². The molecule has 2 aromatic heterocycles. The molecule has 0 saturated carbocycles.